The van der Waals surface area contributed by atoms with Crippen molar-refractivity contribution in [2.75, 3.05) is 18.4 Å². The van der Waals surface area contributed by atoms with Gasteiger partial charge in [0, 0.05) is 12.2 Å². The molecule has 0 bridgehead atoms. The minimum Gasteiger partial charge on any atom is -0.478 e. The Morgan fingerprint density at radius 3 is 2.41 bits per heavy atom. The molecule has 1 aromatic carbocycles. The van der Waals surface area contributed by atoms with Crippen molar-refractivity contribution in [3.8, 4) is 0 Å². The number of guanidine groups is 1. The number of rotatable bonds is 2. The van der Waals surface area contributed by atoms with Crippen molar-refractivity contribution in [3.05, 3.63) is 29.8 Å². The van der Waals surface area contributed by atoms with Gasteiger partial charge in [0.25, 0.3) is 0 Å². The van der Waals surface area contributed by atoms with E-state index in [2.05, 4.69) is 15.6 Å². The molecule has 0 fully saturated rings. The molecule has 17 heavy (non-hydrogen) atoms. The Morgan fingerprint density at radius 2 is 1.94 bits per heavy atom. The Hall–Kier alpha value is -1.46. The van der Waals surface area contributed by atoms with Crippen LogP contribution >= 0.6 is 24.8 Å². The number of carboxylic acid groups (broad SMARTS) is 1. The zero-order chi connectivity index (χ0) is 10.7. The average Bonchev–Trinajstić information content (AvgIpc) is 2.71. The Morgan fingerprint density at radius 1 is 1.29 bits per heavy atom. The number of hydrogen-bond acceptors (Lipinski definition) is 4. The standard InChI is InChI=1S/C10H11N3O2.2ClH/c14-9(15)7-1-3-8(4-2-7)13-10-11-5-6-12-10;;/h1-4H,5-6H2,(H,14,15)(H2,11,12,13);2*1H. The number of nitrogens with zero attached hydrogens (tertiary/aromatic N) is 1. The van der Waals surface area contributed by atoms with Crippen LogP contribution in [0.25, 0.3) is 0 Å². The molecule has 0 aliphatic carbocycles. The lowest BCUT2D eigenvalue weighted by molar-refractivity contribution is 0.0697. The fourth-order valence-electron chi connectivity index (χ4n) is 1.31. The van der Waals surface area contributed by atoms with Crippen molar-refractivity contribution in [3.63, 3.8) is 0 Å². The van der Waals surface area contributed by atoms with Gasteiger partial charge in [0.05, 0.1) is 12.1 Å². The van der Waals surface area contributed by atoms with E-state index in [1.165, 1.54) is 0 Å². The van der Waals surface area contributed by atoms with E-state index < -0.39 is 5.97 Å². The Labute approximate surface area is 111 Å². The SMILES string of the molecule is Cl.Cl.O=C(O)c1ccc(NC2=NCCN2)cc1. The normalized spacial score (nSPS) is 12.6. The van der Waals surface area contributed by atoms with E-state index in [4.69, 9.17) is 5.11 Å². The monoisotopic (exact) mass is 277 g/mol. The number of halogens is 2. The van der Waals surface area contributed by atoms with Gasteiger partial charge in [-0.15, -0.1) is 24.8 Å². The van der Waals surface area contributed by atoms with E-state index in [0.29, 0.717) is 0 Å². The Balaban J connectivity index is 0.00000128. The highest BCUT2D eigenvalue weighted by Crippen LogP contribution is 2.09. The summed E-state index contributed by atoms with van der Waals surface area (Å²) in [4.78, 5) is 14.8. The highest BCUT2D eigenvalue weighted by atomic mass is 35.5. The molecule has 1 aliphatic rings. The third-order valence-corrected chi connectivity index (χ3v) is 2.07. The first-order valence-corrected chi connectivity index (χ1v) is 4.64. The molecule has 3 N–H and O–H groups in total. The summed E-state index contributed by atoms with van der Waals surface area (Å²) in [6.07, 6.45) is 0. The van der Waals surface area contributed by atoms with Gasteiger partial charge < -0.3 is 15.7 Å². The Bertz CT molecular complexity index is 407. The van der Waals surface area contributed by atoms with Crippen LogP contribution in [0.4, 0.5) is 5.69 Å². The summed E-state index contributed by atoms with van der Waals surface area (Å²) in [6.45, 7) is 1.62. The molecular weight excluding hydrogens is 265 g/mol. The lowest BCUT2D eigenvalue weighted by Crippen LogP contribution is -2.26. The smallest absolute Gasteiger partial charge is 0.335 e. The minimum absolute atomic E-state index is 0. The van der Waals surface area contributed by atoms with Gasteiger partial charge in [-0.05, 0) is 24.3 Å². The minimum atomic E-state index is -0.919. The zero-order valence-corrected chi connectivity index (χ0v) is 10.5. The van der Waals surface area contributed by atoms with E-state index in [9.17, 15) is 4.79 Å². The van der Waals surface area contributed by atoms with Crippen LogP contribution in [0.15, 0.2) is 29.3 Å². The fourth-order valence-corrected chi connectivity index (χ4v) is 1.31. The lowest BCUT2D eigenvalue weighted by Gasteiger charge is -2.06. The molecule has 7 heteroatoms. The zero-order valence-electron chi connectivity index (χ0n) is 8.84. The van der Waals surface area contributed by atoms with Crippen molar-refractivity contribution >= 4 is 42.4 Å². The van der Waals surface area contributed by atoms with Crippen molar-refractivity contribution < 1.29 is 9.90 Å². The van der Waals surface area contributed by atoms with E-state index in [-0.39, 0.29) is 30.4 Å². The average molecular weight is 278 g/mol. The lowest BCUT2D eigenvalue weighted by atomic mass is 10.2. The van der Waals surface area contributed by atoms with Gasteiger partial charge >= 0.3 is 5.97 Å². The molecule has 0 saturated heterocycles. The molecule has 1 aromatic rings. The van der Waals surface area contributed by atoms with Crippen molar-refractivity contribution in [2.45, 2.75) is 0 Å². The summed E-state index contributed by atoms with van der Waals surface area (Å²) in [7, 11) is 0. The quantitative estimate of drug-likeness (QED) is 0.768. The first kappa shape index (κ1) is 15.5. The summed E-state index contributed by atoms with van der Waals surface area (Å²) >= 11 is 0. The van der Waals surface area contributed by atoms with Gasteiger partial charge in [-0.25, -0.2) is 4.79 Å². The molecule has 5 nitrogen and oxygen atoms in total. The van der Waals surface area contributed by atoms with Gasteiger partial charge in [0.15, 0.2) is 5.96 Å². The maximum atomic E-state index is 10.6. The number of anilines is 1. The van der Waals surface area contributed by atoms with Crippen LogP contribution in [0.3, 0.4) is 0 Å². The molecule has 2 rings (SSSR count). The van der Waals surface area contributed by atoms with Crippen LogP contribution in [0.2, 0.25) is 0 Å². The van der Waals surface area contributed by atoms with E-state index >= 15 is 0 Å². The molecule has 0 radical (unpaired) electrons. The summed E-state index contributed by atoms with van der Waals surface area (Å²) < 4.78 is 0. The fraction of sp³-hybridized carbons (Fsp3) is 0.200. The summed E-state index contributed by atoms with van der Waals surface area (Å²) in [5, 5.41) is 14.8. The maximum absolute atomic E-state index is 10.6. The predicted octanol–water partition coefficient (Wildman–Crippen LogP) is 1.60. The first-order chi connectivity index (χ1) is 7.25. The van der Waals surface area contributed by atoms with Crippen LogP contribution in [0.1, 0.15) is 10.4 Å². The van der Waals surface area contributed by atoms with Gasteiger partial charge in [0.1, 0.15) is 0 Å². The molecule has 1 heterocycles. The van der Waals surface area contributed by atoms with E-state index in [1.807, 2.05) is 0 Å². The van der Waals surface area contributed by atoms with E-state index in [1.54, 1.807) is 24.3 Å². The highest BCUT2D eigenvalue weighted by molar-refractivity contribution is 5.95. The van der Waals surface area contributed by atoms with Gasteiger partial charge in [-0.1, -0.05) is 0 Å². The molecule has 0 saturated carbocycles. The second kappa shape index (κ2) is 6.98. The first-order valence-electron chi connectivity index (χ1n) is 4.64. The summed E-state index contributed by atoms with van der Waals surface area (Å²) in [6, 6.07) is 6.54. The molecule has 0 atom stereocenters. The number of carboxylic acids is 1. The van der Waals surface area contributed by atoms with Crippen molar-refractivity contribution in [2.24, 2.45) is 4.99 Å². The number of benzene rings is 1. The predicted molar refractivity (Wildman–Crippen MR) is 71.8 cm³/mol. The molecule has 0 unspecified atom stereocenters. The van der Waals surface area contributed by atoms with Gasteiger partial charge in [0.2, 0.25) is 0 Å². The molecule has 1 aliphatic heterocycles. The van der Waals surface area contributed by atoms with Crippen molar-refractivity contribution in [1.82, 2.24) is 5.32 Å². The molecule has 0 aromatic heterocycles. The summed E-state index contributed by atoms with van der Waals surface area (Å²) in [5.41, 5.74) is 1.11. The third-order valence-electron chi connectivity index (χ3n) is 2.07. The Kier molecular flexibility index (Phi) is 6.38. The molecular formula is C10H13Cl2N3O2. The maximum Gasteiger partial charge on any atom is 0.335 e. The third kappa shape index (κ3) is 4.13. The number of nitrogens with one attached hydrogen (secondary N) is 2. The second-order valence-electron chi connectivity index (χ2n) is 3.16. The number of aromatic carboxylic acids is 1. The van der Waals surface area contributed by atoms with Crippen molar-refractivity contribution in [1.29, 1.82) is 0 Å². The van der Waals surface area contributed by atoms with E-state index in [0.717, 1.165) is 24.7 Å². The van der Waals surface area contributed by atoms with Crippen LogP contribution in [-0.2, 0) is 0 Å². The van der Waals surface area contributed by atoms with Crippen LogP contribution in [-0.4, -0.2) is 30.1 Å². The van der Waals surface area contributed by atoms with Crippen LogP contribution < -0.4 is 10.6 Å². The molecule has 0 amide bonds. The highest BCUT2D eigenvalue weighted by Gasteiger charge is 2.05. The van der Waals surface area contributed by atoms with Crippen LogP contribution in [0.5, 0.6) is 0 Å². The number of carbonyl (C=O) groups is 1. The van der Waals surface area contributed by atoms with Crippen LogP contribution in [0, 0.1) is 0 Å². The van der Waals surface area contributed by atoms with Gasteiger partial charge in [-0.3, -0.25) is 4.99 Å². The molecule has 0 spiro atoms. The molecule has 94 valence electrons. The number of hydrogen-bond donors (Lipinski definition) is 3. The summed E-state index contributed by atoms with van der Waals surface area (Å²) in [5.74, 6) is -0.184. The second-order valence-corrected chi connectivity index (χ2v) is 3.16. The largest absolute Gasteiger partial charge is 0.478 e. The topological polar surface area (TPSA) is 73.7 Å². The van der Waals surface area contributed by atoms with Gasteiger partial charge in [-0.2, -0.15) is 0 Å². The number of aliphatic imine (C=N–C) groups is 1.